The van der Waals surface area contributed by atoms with E-state index in [1.54, 1.807) is 18.2 Å². The molecule has 0 saturated heterocycles. The molecule has 0 heterocycles. The lowest BCUT2D eigenvalue weighted by atomic mass is 9.92. The zero-order valence-corrected chi connectivity index (χ0v) is 12.4. The second-order valence-electron chi connectivity index (χ2n) is 5.66. The van der Waals surface area contributed by atoms with Gasteiger partial charge in [-0.15, -0.1) is 0 Å². The molecule has 0 fully saturated rings. The molecule has 2 amide bonds. The van der Waals surface area contributed by atoms with E-state index in [9.17, 15) is 9.59 Å². The molecule has 0 atom stereocenters. The summed E-state index contributed by atoms with van der Waals surface area (Å²) in [5, 5.41) is 5.78. The van der Waals surface area contributed by atoms with Crippen molar-refractivity contribution in [3.8, 4) is 0 Å². The van der Waals surface area contributed by atoms with Gasteiger partial charge in [0.2, 0.25) is 11.8 Å². The van der Waals surface area contributed by atoms with Crippen molar-refractivity contribution in [3.63, 3.8) is 0 Å². The lowest BCUT2D eigenvalue weighted by Crippen LogP contribution is -2.19. The number of halogens is 1. The number of nitrogens with one attached hydrogen (secondary N) is 2. The predicted molar refractivity (Wildman–Crippen MR) is 78.5 cm³/mol. The normalized spacial score (nSPS) is 11.0. The van der Waals surface area contributed by atoms with Gasteiger partial charge in [0.25, 0.3) is 0 Å². The summed E-state index contributed by atoms with van der Waals surface area (Å²) in [6, 6.07) is 4.99. The molecule has 1 aromatic rings. The second-order valence-corrected chi connectivity index (χ2v) is 6.07. The quantitative estimate of drug-likeness (QED) is 0.888. The van der Waals surface area contributed by atoms with Crippen molar-refractivity contribution in [2.75, 3.05) is 10.6 Å². The standard InChI is InChI=1S/C14H19ClN2O2/c1-9(18)16-12-6-5-10(7-11(12)15)17-13(19)8-14(2,3)4/h5-7H,8H2,1-4H3,(H,16,18)(H,17,19). The molecule has 0 aliphatic heterocycles. The van der Waals surface area contributed by atoms with E-state index in [2.05, 4.69) is 10.6 Å². The molecule has 0 aliphatic rings. The fraction of sp³-hybridized carbons (Fsp3) is 0.429. The van der Waals surface area contributed by atoms with Crippen LogP contribution in [-0.4, -0.2) is 11.8 Å². The van der Waals surface area contributed by atoms with Crippen molar-refractivity contribution in [3.05, 3.63) is 23.2 Å². The van der Waals surface area contributed by atoms with Crippen molar-refractivity contribution in [2.45, 2.75) is 34.1 Å². The third-order valence-electron chi connectivity index (χ3n) is 2.25. The first-order valence-electron chi connectivity index (χ1n) is 6.04. The average Bonchev–Trinajstić information content (AvgIpc) is 2.18. The van der Waals surface area contributed by atoms with E-state index in [1.165, 1.54) is 6.92 Å². The van der Waals surface area contributed by atoms with Crippen LogP contribution in [0.1, 0.15) is 34.1 Å². The van der Waals surface area contributed by atoms with E-state index in [0.717, 1.165) is 0 Å². The Balaban J connectivity index is 2.73. The summed E-state index contributed by atoms with van der Waals surface area (Å²) in [6.07, 6.45) is 0.429. The van der Waals surface area contributed by atoms with Crippen LogP contribution in [0.15, 0.2) is 18.2 Å². The van der Waals surface area contributed by atoms with Gasteiger partial charge < -0.3 is 10.6 Å². The highest BCUT2D eigenvalue weighted by Crippen LogP contribution is 2.26. The largest absolute Gasteiger partial charge is 0.326 e. The lowest BCUT2D eigenvalue weighted by molar-refractivity contribution is -0.118. The van der Waals surface area contributed by atoms with Crippen LogP contribution < -0.4 is 10.6 Å². The van der Waals surface area contributed by atoms with Crippen LogP contribution in [0.5, 0.6) is 0 Å². The number of anilines is 2. The summed E-state index contributed by atoms with van der Waals surface area (Å²) in [4.78, 5) is 22.7. The third-order valence-corrected chi connectivity index (χ3v) is 2.57. The van der Waals surface area contributed by atoms with Gasteiger partial charge in [-0.3, -0.25) is 9.59 Å². The first kappa shape index (κ1) is 15.5. The van der Waals surface area contributed by atoms with Crippen LogP contribution in [0.25, 0.3) is 0 Å². The molecule has 1 aromatic carbocycles. The van der Waals surface area contributed by atoms with Gasteiger partial charge in [-0.2, -0.15) is 0 Å². The fourth-order valence-electron chi connectivity index (χ4n) is 1.57. The molecule has 19 heavy (non-hydrogen) atoms. The number of rotatable bonds is 3. The smallest absolute Gasteiger partial charge is 0.224 e. The van der Waals surface area contributed by atoms with E-state index in [0.29, 0.717) is 22.8 Å². The molecular weight excluding hydrogens is 264 g/mol. The van der Waals surface area contributed by atoms with E-state index in [-0.39, 0.29) is 17.2 Å². The van der Waals surface area contributed by atoms with Gasteiger partial charge in [-0.25, -0.2) is 0 Å². The van der Waals surface area contributed by atoms with E-state index < -0.39 is 0 Å². The molecule has 2 N–H and O–H groups in total. The van der Waals surface area contributed by atoms with Gasteiger partial charge >= 0.3 is 0 Å². The van der Waals surface area contributed by atoms with Gasteiger partial charge in [-0.05, 0) is 23.6 Å². The van der Waals surface area contributed by atoms with E-state index >= 15 is 0 Å². The summed E-state index contributed by atoms with van der Waals surface area (Å²) >= 11 is 6.02. The van der Waals surface area contributed by atoms with Crippen LogP contribution >= 0.6 is 11.6 Å². The lowest BCUT2D eigenvalue weighted by Gasteiger charge is -2.17. The summed E-state index contributed by atoms with van der Waals surface area (Å²) in [7, 11) is 0. The zero-order chi connectivity index (χ0) is 14.6. The van der Waals surface area contributed by atoms with Gasteiger partial charge in [0, 0.05) is 19.0 Å². The average molecular weight is 283 g/mol. The molecule has 1 rings (SSSR count). The van der Waals surface area contributed by atoms with Gasteiger partial charge in [-0.1, -0.05) is 32.4 Å². The highest BCUT2D eigenvalue weighted by molar-refractivity contribution is 6.34. The molecule has 0 radical (unpaired) electrons. The number of hydrogen-bond acceptors (Lipinski definition) is 2. The summed E-state index contributed by atoms with van der Waals surface area (Å²) in [6.45, 7) is 7.41. The van der Waals surface area contributed by atoms with Crippen LogP contribution in [0, 0.1) is 5.41 Å². The maximum Gasteiger partial charge on any atom is 0.224 e. The summed E-state index contributed by atoms with van der Waals surface area (Å²) in [5.41, 5.74) is 1.08. The van der Waals surface area contributed by atoms with Crippen LogP contribution in [-0.2, 0) is 9.59 Å². The van der Waals surface area contributed by atoms with E-state index in [1.807, 2.05) is 20.8 Å². The Hall–Kier alpha value is -1.55. The number of benzene rings is 1. The molecule has 0 unspecified atom stereocenters. The number of amides is 2. The maximum atomic E-state index is 11.8. The van der Waals surface area contributed by atoms with Crippen molar-refractivity contribution < 1.29 is 9.59 Å². The third kappa shape index (κ3) is 5.75. The Morgan fingerprint density at radius 3 is 2.32 bits per heavy atom. The van der Waals surface area contributed by atoms with Gasteiger partial charge in [0.05, 0.1) is 10.7 Å². The zero-order valence-electron chi connectivity index (χ0n) is 11.6. The molecule has 5 heteroatoms. The number of carbonyl (C=O) groups is 2. The molecule has 0 saturated carbocycles. The van der Waals surface area contributed by atoms with Crippen LogP contribution in [0.4, 0.5) is 11.4 Å². The van der Waals surface area contributed by atoms with Crippen molar-refractivity contribution >= 4 is 34.8 Å². The van der Waals surface area contributed by atoms with Crippen molar-refractivity contribution in [1.29, 1.82) is 0 Å². The van der Waals surface area contributed by atoms with Crippen molar-refractivity contribution in [1.82, 2.24) is 0 Å². The Morgan fingerprint density at radius 1 is 1.21 bits per heavy atom. The highest BCUT2D eigenvalue weighted by atomic mass is 35.5. The van der Waals surface area contributed by atoms with Crippen molar-refractivity contribution in [2.24, 2.45) is 5.41 Å². The Morgan fingerprint density at radius 2 is 1.84 bits per heavy atom. The molecular formula is C14H19ClN2O2. The Labute approximate surface area is 118 Å². The van der Waals surface area contributed by atoms with E-state index in [4.69, 9.17) is 11.6 Å². The summed E-state index contributed by atoms with van der Waals surface area (Å²) < 4.78 is 0. The molecule has 0 bridgehead atoms. The minimum Gasteiger partial charge on any atom is -0.326 e. The Kier molecular flexibility index (Phi) is 4.95. The van der Waals surface area contributed by atoms with Crippen LogP contribution in [0.3, 0.4) is 0 Å². The number of hydrogen-bond donors (Lipinski definition) is 2. The maximum absolute atomic E-state index is 11.8. The topological polar surface area (TPSA) is 58.2 Å². The van der Waals surface area contributed by atoms with Gasteiger partial charge in [0.15, 0.2) is 0 Å². The Bertz CT molecular complexity index is 493. The molecule has 4 nitrogen and oxygen atoms in total. The molecule has 0 aliphatic carbocycles. The second kappa shape index (κ2) is 6.06. The predicted octanol–water partition coefficient (Wildman–Crippen LogP) is 3.67. The minimum absolute atomic E-state index is 0.0594. The number of carbonyl (C=O) groups excluding carboxylic acids is 2. The summed E-state index contributed by atoms with van der Waals surface area (Å²) in [5.74, 6) is -0.248. The molecule has 0 spiro atoms. The first-order chi connectivity index (χ1) is 8.67. The highest BCUT2D eigenvalue weighted by Gasteiger charge is 2.16. The minimum atomic E-state index is -0.189. The van der Waals surface area contributed by atoms with Crippen LogP contribution in [0.2, 0.25) is 5.02 Å². The molecule has 0 aromatic heterocycles. The van der Waals surface area contributed by atoms with Gasteiger partial charge in [0.1, 0.15) is 0 Å². The fourth-order valence-corrected chi connectivity index (χ4v) is 1.80. The molecule has 104 valence electrons. The first-order valence-corrected chi connectivity index (χ1v) is 6.42. The SMILES string of the molecule is CC(=O)Nc1ccc(NC(=O)CC(C)(C)C)cc1Cl. The monoisotopic (exact) mass is 282 g/mol.